The maximum Gasteiger partial charge on any atom is 0.133 e. The van der Waals surface area contributed by atoms with E-state index in [2.05, 4.69) is 48.3 Å². The number of anilines is 2. The van der Waals surface area contributed by atoms with Crippen molar-refractivity contribution in [1.82, 2.24) is 9.97 Å². The third-order valence-electron chi connectivity index (χ3n) is 3.38. The van der Waals surface area contributed by atoms with Crippen molar-refractivity contribution in [2.75, 3.05) is 17.7 Å². The Morgan fingerprint density at radius 2 is 1.83 bits per heavy atom. The van der Waals surface area contributed by atoms with Gasteiger partial charge in [-0.15, -0.1) is 0 Å². The summed E-state index contributed by atoms with van der Waals surface area (Å²) in [5, 5.41) is 6.57. The first-order valence-corrected chi connectivity index (χ1v) is 6.92. The first-order chi connectivity index (χ1) is 8.60. The van der Waals surface area contributed by atoms with Gasteiger partial charge in [0.05, 0.1) is 0 Å². The molecular weight excluding hydrogens is 224 g/mol. The molecule has 0 aromatic carbocycles. The molecule has 102 valence electrons. The van der Waals surface area contributed by atoms with Gasteiger partial charge in [-0.2, -0.15) is 0 Å². The highest BCUT2D eigenvalue weighted by atomic mass is 15.1. The first-order valence-electron chi connectivity index (χ1n) is 6.92. The molecule has 0 aliphatic heterocycles. The molecule has 2 N–H and O–H groups in total. The molecule has 0 amide bonds. The number of hydrogen-bond acceptors (Lipinski definition) is 4. The van der Waals surface area contributed by atoms with Gasteiger partial charge in [-0.1, -0.05) is 27.2 Å². The quantitative estimate of drug-likeness (QED) is 0.779. The standard InChI is InChI=1S/C14H26N4/c1-6-8-12-17-13(15-5)9-14(18-12)16-11(4)10(3)7-2/h9-11H,6-8H2,1-5H3,(H2,15,16,17,18). The van der Waals surface area contributed by atoms with Gasteiger partial charge in [0, 0.05) is 25.6 Å². The lowest BCUT2D eigenvalue weighted by atomic mass is 10.0. The molecule has 0 radical (unpaired) electrons. The fraction of sp³-hybridized carbons (Fsp3) is 0.714. The molecule has 1 rings (SSSR count). The van der Waals surface area contributed by atoms with E-state index < -0.39 is 0 Å². The highest BCUT2D eigenvalue weighted by Crippen LogP contribution is 2.16. The van der Waals surface area contributed by atoms with Gasteiger partial charge in [-0.05, 0) is 19.3 Å². The fourth-order valence-corrected chi connectivity index (χ4v) is 1.76. The lowest BCUT2D eigenvalue weighted by Crippen LogP contribution is -2.24. The number of aromatic nitrogens is 2. The molecule has 18 heavy (non-hydrogen) atoms. The second kappa shape index (κ2) is 7.19. The van der Waals surface area contributed by atoms with Crippen LogP contribution in [0.3, 0.4) is 0 Å². The summed E-state index contributed by atoms with van der Waals surface area (Å²) in [6.45, 7) is 8.81. The molecular formula is C14H26N4. The van der Waals surface area contributed by atoms with Crippen LogP contribution in [0.2, 0.25) is 0 Å². The molecule has 0 aliphatic carbocycles. The van der Waals surface area contributed by atoms with E-state index in [-0.39, 0.29) is 0 Å². The predicted molar refractivity (Wildman–Crippen MR) is 78.1 cm³/mol. The van der Waals surface area contributed by atoms with E-state index in [0.717, 1.165) is 30.3 Å². The van der Waals surface area contributed by atoms with Crippen LogP contribution in [0, 0.1) is 5.92 Å². The maximum absolute atomic E-state index is 4.57. The minimum atomic E-state index is 0.420. The van der Waals surface area contributed by atoms with Crippen LogP contribution in [-0.2, 0) is 6.42 Å². The van der Waals surface area contributed by atoms with Crippen LogP contribution in [0.4, 0.5) is 11.6 Å². The van der Waals surface area contributed by atoms with Crippen LogP contribution in [0.5, 0.6) is 0 Å². The van der Waals surface area contributed by atoms with Gasteiger partial charge >= 0.3 is 0 Å². The van der Waals surface area contributed by atoms with Gasteiger partial charge in [-0.3, -0.25) is 0 Å². The summed E-state index contributed by atoms with van der Waals surface area (Å²) >= 11 is 0. The Morgan fingerprint density at radius 1 is 1.17 bits per heavy atom. The molecule has 0 fully saturated rings. The Morgan fingerprint density at radius 3 is 2.39 bits per heavy atom. The summed E-state index contributed by atoms with van der Waals surface area (Å²) in [4.78, 5) is 9.02. The zero-order valence-corrected chi connectivity index (χ0v) is 12.2. The van der Waals surface area contributed by atoms with E-state index in [9.17, 15) is 0 Å². The molecule has 0 saturated carbocycles. The predicted octanol–water partition coefficient (Wildman–Crippen LogP) is 3.32. The van der Waals surface area contributed by atoms with Gasteiger partial charge in [-0.25, -0.2) is 9.97 Å². The Bertz CT molecular complexity index is 365. The topological polar surface area (TPSA) is 49.8 Å². The van der Waals surface area contributed by atoms with Crippen LogP contribution in [0.15, 0.2) is 6.07 Å². The summed E-state index contributed by atoms with van der Waals surface area (Å²) in [7, 11) is 1.89. The van der Waals surface area contributed by atoms with Crippen molar-refractivity contribution in [1.29, 1.82) is 0 Å². The SMILES string of the molecule is CCCc1nc(NC)cc(NC(C)C(C)CC)n1. The fourth-order valence-electron chi connectivity index (χ4n) is 1.76. The Labute approximate surface area is 111 Å². The molecule has 0 saturated heterocycles. The number of aryl methyl sites for hydroxylation is 1. The lowest BCUT2D eigenvalue weighted by molar-refractivity contribution is 0.493. The van der Waals surface area contributed by atoms with Gasteiger partial charge in [0.2, 0.25) is 0 Å². The molecule has 0 bridgehead atoms. The van der Waals surface area contributed by atoms with Gasteiger partial charge in [0.25, 0.3) is 0 Å². The van der Waals surface area contributed by atoms with Gasteiger partial charge in [0.15, 0.2) is 0 Å². The minimum absolute atomic E-state index is 0.420. The van der Waals surface area contributed by atoms with Crippen LogP contribution >= 0.6 is 0 Å². The third kappa shape index (κ3) is 4.17. The number of hydrogen-bond donors (Lipinski definition) is 2. The van der Waals surface area contributed by atoms with Crippen molar-refractivity contribution in [2.45, 2.75) is 53.0 Å². The molecule has 2 unspecified atom stereocenters. The summed E-state index contributed by atoms with van der Waals surface area (Å²) in [5.74, 6) is 3.34. The van der Waals surface area contributed by atoms with Crippen molar-refractivity contribution in [3.63, 3.8) is 0 Å². The molecule has 1 aromatic heterocycles. The molecule has 4 nitrogen and oxygen atoms in total. The van der Waals surface area contributed by atoms with Crippen molar-refractivity contribution >= 4 is 11.6 Å². The number of rotatable bonds is 7. The van der Waals surface area contributed by atoms with Crippen LogP contribution in [0.25, 0.3) is 0 Å². The third-order valence-corrected chi connectivity index (χ3v) is 3.38. The first kappa shape index (κ1) is 14.7. The highest BCUT2D eigenvalue weighted by molar-refractivity contribution is 5.47. The van der Waals surface area contributed by atoms with E-state index in [0.29, 0.717) is 12.0 Å². The smallest absolute Gasteiger partial charge is 0.133 e. The lowest BCUT2D eigenvalue weighted by Gasteiger charge is -2.21. The molecule has 0 spiro atoms. The van der Waals surface area contributed by atoms with Crippen molar-refractivity contribution < 1.29 is 0 Å². The summed E-state index contributed by atoms with van der Waals surface area (Å²) in [5.41, 5.74) is 0. The van der Waals surface area contributed by atoms with Crippen LogP contribution in [-0.4, -0.2) is 23.1 Å². The summed E-state index contributed by atoms with van der Waals surface area (Å²) in [6, 6.07) is 2.39. The number of nitrogens with one attached hydrogen (secondary N) is 2. The molecule has 1 aromatic rings. The molecule has 2 atom stereocenters. The van der Waals surface area contributed by atoms with Crippen LogP contribution < -0.4 is 10.6 Å². The molecule has 1 heterocycles. The largest absolute Gasteiger partial charge is 0.373 e. The minimum Gasteiger partial charge on any atom is -0.373 e. The average Bonchev–Trinajstić information content (AvgIpc) is 2.37. The second-order valence-corrected chi connectivity index (χ2v) is 4.87. The van der Waals surface area contributed by atoms with E-state index in [1.54, 1.807) is 0 Å². The van der Waals surface area contributed by atoms with Crippen LogP contribution in [0.1, 0.15) is 46.4 Å². The summed E-state index contributed by atoms with van der Waals surface area (Å²) in [6.07, 6.45) is 3.15. The second-order valence-electron chi connectivity index (χ2n) is 4.87. The number of nitrogens with zero attached hydrogens (tertiary/aromatic N) is 2. The average molecular weight is 250 g/mol. The van der Waals surface area contributed by atoms with E-state index >= 15 is 0 Å². The van der Waals surface area contributed by atoms with E-state index in [1.807, 2.05) is 13.1 Å². The zero-order valence-electron chi connectivity index (χ0n) is 12.2. The molecule has 4 heteroatoms. The van der Waals surface area contributed by atoms with Crippen molar-refractivity contribution in [3.05, 3.63) is 11.9 Å². The normalized spacial score (nSPS) is 14.1. The Kier molecular flexibility index (Phi) is 5.89. The van der Waals surface area contributed by atoms with E-state index in [1.165, 1.54) is 6.42 Å². The van der Waals surface area contributed by atoms with Crippen molar-refractivity contribution in [3.8, 4) is 0 Å². The zero-order chi connectivity index (χ0) is 13.5. The summed E-state index contributed by atoms with van der Waals surface area (Å²) < 4.78 is 0. The Balaban J connectivity index is 2.83. The molecule has 0 aliphatic rings. The maximum atomic E-state index is 4.57. The van der Waals surface area contributed by atoms with Gasteiger partial charge < -0.3 is 10.6 Å². The van der Waals surface area contributed by atoms with E-state index in [4.69, 9.17) is 0 Å². The van der Waals surface area contributed by atoms with Gasteiger partial charge in [0.1, 0.15) is 17.5 Å². The monoisotopic (exact) mass is 250 g/mol. The highest BCUT2D eigenvalue weighted by Gasteiger charge is 2.11. The van der Waals surface area contributed by atoms with Crippen molar-refractivity contribution in [2.24, 2.45) is 5.92 Å². The Hall–Kier alpha value is -1.32.